The van der Waals surface area contributed by atoms with Gasteiger partial charge in [-0.2, -0.15) is 12.7 Å². The summed E-state index contributed by atoms with van der Waals surface area (Å²) in [6.45, 7) is 0.979. The van der Waals surface area contributed by atoms with Crippen molar-refractivity contribution in [3.8, 4) is 0 Å². The Bertz CT molecular complexity index is 612. The number of nitrogens with one attached hydrogen (secondary N) is 1. The highest BCUT2D eigenvalue weighted by molar-refractivity contribution is 7.90. The van der Waals surface area contributed by atoms with Crippen molar-refractivity contribution in [3.05, 3.63) is 28.8 Å². The van der Waals surface area contributed by atoms with E-state index in [4.69, 9.17) is 11.6 Å². The van der Waals surface area contributed by atoms with Crippen molar-refractivity contribution < 1.29 is 17.9 Å². The van der Waals surface area contributed by atoms with Gasteiger partial charge in [0, 0.05) is 13.1 Å². The highest BCUT2D eigenvalue weighted by Crippen LogP contribution is 2.26. The van der Waals surface area contributed by atoms with Crippen LogP contribution in [0.15, 0.2) is 18.2 Å². The van der Waals surface area contributed by atoms with Crippen LogP contribution in [0.25, 0.3) is 0 Å². The lowest BCUT2D eigenvalue weighted by atomic mass is 10.2. The van der Waals surface area contributed by atoms with E-state index in [9.17, 15) is 13.2 Å². The molecule has 1 fully saturated rings. The van der Waals surface area contributed by atoms with Gasteiger partial charge in [-0.3, -0.25) is 4.72 Å². The predicted octanol–water partition coefficient (Wildman–Crippen LogP) is 1.88. The van der Waals surface area contributed by atoms with Crippen LogP contribution in [-0.2, 0) is 14.9 Å². The number of hydrogen-bond donors (Lipinski definition) is 1. The van der Waals surface area contributed by atoms with Crippen LogP contribution in [0.1, 0.15) is 23.2 Å². The number of hydrogen-bond acceptors (Lipinski definition) is 4. The molecule has 0 atom stereocenters. The molecule has 1 aliphatic rings. The fourth-order valence-corrected chi connectivity index (χ4v) is 3.52. The molecule has 8 heteroatoms. The van der Waals surface area contributed by atoms with E-state index in [2.05, 4.69) is 9.46 Å². The molecule has 0 aliphatic carbocycles. The van der Waals surface area contributed by atoms with Gasteiger partial charge >= 0.3 is 16.2 Å². The predicted molar refractivity (Wildman–Crippen MR) is 76.1 cm³/mol. The Balaban J connectivity index is 2.26. The van der Waals surface area contributed by atoms with Crippen molar-refractivity contribution in [1.82, 2.24) is 4.31 Å². The van der Waals surface area contributed by atoms with E-state index in [-0.39, 0.29) is 16.3 Å². The quantitative estimate of drug-likeness (QED) is 0.860. The first-order valence-corrected chi connectivity index (χ1v) is 7.91. The molecular formula is C12H15ClN2O4S. The van der Waals surface area contributed by atoms with Gasteiger partial charge in [0.25, 0.3) is 0 Å². The van der Waals surface area contributed by atoms with Crippen LogP contribution in [0.5, 0.6) is 0 Å². The maximum absolute atomic E-state index is 12.1. The number of benzene rings is 1. The summed E-state index contributed by atoms with van der Waals surface area (Å²) >= 11 is 5.96. The minimum Gasteiger partial charge on any atom is -0.465 e. The Kier molecular flexibility index (Phi) is 4.52. The van der Waals surface area contributed by atoms with E-state index in [1.807, 2.05) is 0 Å². The first-order chi connectivity index (χ1) is 9.44. The van der Waals surface area contributed by atoms with Gasteiger partial charge in [0.15, 0.2) is 0 Å². The fraction of sp³-hybridized carbons (Fsp3) is 0.417. The van der Waals surface area contributed by atoms with Gasteiger partial charge in [-0.1, -0.05) is 11.6 Å². The summed E-state index contributed by atoms with van der Waals surface area (Å²) in [4.78, 5) is 11.4. The van der Waals surface area contributed by atoms with Gasteiger partial charge < -0.3 is 4.74 Å². The van der Waals surface area contributed by atoms with E-state index in [1.54, 1.807) is 0 Å². The zero-order valence-corrected chi connectivity index (χ0v) is 12.5. The average Bonchev–Trinajstić information content (AvgIpc) is 2.95. The molecule has 0 radical (unpaired) electrons. The minimum absolute atomic E-state index is 0.168. The Morgan fingerprint density at radius 1 is 1.35 bits per heavy atom. The lowest BCUT2D eigenvalue weighted by molar-refractivity contribution is 0.0601. The highest BCUT2D eigenvalue weighted by atomic mass is 35.5. The molecule has 0 spiro atoms. The van der Waals surface area contributed by atoms with Crippen LogP contribution in [0, 0.1) is 0 Å². The van der Waals surface area contributed by atoms with E-state index < -0.39 is 16.2 Å². The largest absolute Gasteiger partial charge is 0.465 e. The van der Waals surface area contributed by atoms with Crippen molar-refractivity contribution in [2.75, 3.05) is 24.9 Å². The topological polar surface area (TPSA) is 75.7 Å². The van der Waals surface area contributed by atoms with Gasteiger partial charge in [0.2, 0.25) is 0 Å². The first kappa shape index (κ1) is 15.1. The molecule has 6 nitrogen and oxygen atoms in total. The van der Waals surface area contributed by atoms with Gasteiger partial charge in [-0.15, -0.1) is 0 Å². The normalized spacial score (nSPS) is 16.1. The van der Waals surface area contributed by atoms with Crippen LogP contribution in [-0.4, -0.2) is 38.9 Å². The molecule has 110 valence electrons. The Morgan fingerprint density at radius 3 is 2.60 bits per heavy atom. The monoisotopic (exact) mass is 318 g/mol. The molecule has 1 aromatic carbocycles. The zero-order chi connectivity index (χ0) is 14.8. The zero-order valence-electron chi connectivity index (χ0n) is 10.9. The number of anilines is 1. The second kappa shape index (κ2) is 5.99. The first-order valence-electron chi connectivity index (χ1n) is 6.10. The minimum atomic E-state index is -3.64. The van der Waals surface area contributed by atoms with E-state index in [0.717, 1.165) is 12.8 Å². The number of esters is 1. The summed E-state index contributed by atoms with van der Waals surface area (Å²) in [5.41, 5.74) is 0.400. The standard InChI is InChI=1S/C12H15ClN2O4S/c1-19-12(16)9-4-5-10(13)11(8-9)14-20(17,18)15-6-2-3-7-15/h4-5,8,14H,2-3,6-7H2,1H3. The smallest absolute Gasteiger partial charge is 0.337 e. The molecule has 0 amide bonds. The molecule has 0 unspecified atom stereocenters. The van der Waals surface area contributed by atoms with Crippen molar-refractivity contribution in [1.29, 1.82) is 0 Å². The molecule has 0 aromatic heterocycles. The summed E-state index contributed by atoms with van der Waals surface area (Å²) < 4.78 is 32.6. The molecule has 20 heavy (non-hydrogen) atoms. The van der Waals surface area contributed by atoms with E-state index in [0.29, 0.717) is 13.1 Å². The van der Waals surface area contributed by atoms with Crippen LogP contribution in [0.4, 0.5) is 5.69 Å². The Labute approximate surface area is 122 Å². The van der Waals surface area contributed by atoms with Crippen LogP contribution >= 0.6 is 11.6 Å². The van der Waals surface area contributed by atoms with Crippen molar-refractivity contribution in [2.45, 2.75) is 12.8 Å². The lowest BCUT2D eigenvalue weighted by Crippen LogP contribution is -2.33. The maximum Gasteiger partial charge on any atom is 0.337 e. The number of nitrogens with zero attached hydrogens (tertiary/aromatic N) is 1. The third kappa shape index (κ3) is 3.23. The third-order valence-electron chi connectivity index (χ3n) is 3.03. The lowest BCUT2D eigenvalue weighted by Gasteiger charge is -2.17. The summed E-state index contributed by atoms with van der Waals surface area (Å²) in [7, 11) is -2.38. The molecule has 2 rings (SSSR count). The number of methoxy groups -OCH3 is 1. The molecule has 1 N–H and O–H groups in total. The third-order valence-corrected chi connectivity index (χ3v) is 4.88. The molecule has 1 saturated heterocycles. The van der Waals surface area contributed by atoms with Crippen LogP contribution in [0.3, 0.4) is 0 Å². The van der Waals surface area contributed by atoms with E-state index >= 15 is 0 Å². The van der Waals surface area contributed by atoms with Gasteiger partial charge in [0.05, 0.1) is 23.4 Å². The highest BCUT2D eigenvalue weighted by Gasteiger charge is 2.26. The molecule has 0 bridgehead atoms. The Morgan fingerprint density at radius 2 is 2.00 bits per heavy atom. The van der Waals surface area contributed by atoms with Crippen LogP contribution < -0.4 is 4.72 Å². The summed E-state index contributed by atoms with van der Waals surface area (Å²) in [5, 5.41) is 0.223. The summed E-state index contributed by atoms with van der Waals surface area (Å²) in [6.07, 6.45) is 1.69. The maximum atomic E-state index is 12.1. The number of halogens is 1. The number of rotatable bonds is 4. The fourth-order valence-electron chi connectivity index (χ4n) is 1.98. The number of carbonyl (C=O) groups is 1. The van der Waals surface area contributed by atoms with Crippen molar-refractivity contribution >= 4 is 33.5 Å². The van der Waals surface area contributed by atoms with Crippen LogP contribution in [0.2, 0.25) is 5.02 Å². The molecule has 1 aliphatic heterocycles. The van der Waals surface area contributed by atoms with Gasteiger partial charge in [-0.05, 0) is 31.0 Å². The SMILES string of the molecule is COC(=O)c1ccc(Cl)c(NS(=O)(=O)N2CCCC2)c1. The Hall–Kier alpha value is -1.31. The number of carbonyl (C=O) groups excluding carboxylic acids is 1. The van der Waals surface area contributed by atoms with Crippen molar-refractivity contribution in [3.63, 3.8) is 0 Å². The number of ether oxygens (including phenoxy) is 1. The summed E-state index contributed by atoms with van der Waals surface area (Å²) in [5.74, 6) is -0.553. The van der Waals surface area contributed by atoms with Gasteiger partial charge in [0.1, 0.15) is 0 Å². The van der Waals surface area contributed by atoms with Gasteiger partial charge in [-0.25, -0.2) is 4.79 Å². The second-order valence-electron chi connectivity index (χ2n) is 4.40. The molecule has 0 saturated carbocycles. The average molecular weight is 319 g/mol. The molecule has 1 heterocycles. The van der Waals surface area contributed by atoms with Crippen molar-refractivity contribution in [2.24, 2.45) is 0 Å². The van der Waals surface area contributed by atoms with E-state index in [1.165, 1.54) is 29.6 Å². The second-order valence-corrected chi connectivity index (χ2v) is 6.48. The summed E-state index contributed by atoms with van der Waals surface area (Å²) in [6, 6.07) is 4.29. The molecule has 1 aromatic rings. The molecular weight excluding hydrogens is 304 g/mol.